The zero-order valence-corrected chi connectivity index (χ0v) is 17.6. The molecular formula is C19H19ClN4O2S2. The summed E-state index contributed by atoms with van der Waals surface area (Å²) in [6.07, 6.45) is 6.28. The molecule has 0 aliphatic carbocycles. The second kappa shape index (κ2) is 9.18. The minimum atomic E-state index is -0.0124. The van der Waals surface area contributed by atoms with Crippen LogP contribution in [0, 0.1) is 0 Å². The summed E-state index contributed by atoms with van der Waals surface area (Å²) < 4.78 is 8.31. The van der Waals surface area contributed by atoms with Gasteiger partial charge in [-0.05, 0) is 36.1 Å². The van der Waals surface area contributed by atoms with Crippen LogP contribution in [0.1, 0.15) is 16.1 Å². The van der Waals surface area contributed by atoms with Crippen molar-refractivity contribution in [3.05, 3.63) is 59.3 Å². The van der Waals surface area contributed by atoms with Gasteiger partial charge in [0.2, 0.25) is 0 Å². The second-order valence-electron chi connectivity index (χ2n) is 5.92. The summed E-state index contributed by atoms with van der Waals surface area (Å²) >= 11 is 2.96. The molecule has 0 saturated heterocycles. The number of rotatable bonds is 7. The number of methoxy groups -OCH3 is 1. The van der Waals surface area contributed by atoms with Crippen LogP contribution in [0.25, 0.3) is 10.2 Å². The Hall–Kier alpha value is -2.42. The highest BCUT2D eigenvalue weighted by Crippen LogP contribution is 2.32. The van der Waals surface area contributed by atoms with Gasteiger partial charge >= 0.3 is 0 Å². The van der Waals surface area contributed by atoms with Crippen molar-refractivity contribution < 1.29 is 9.53 Å². The van der Waals surface area contributed by atoms with E-state index in [1.807, 2.05) is 46.5 Å². The maximum atomic E-state index is 13.1. The van der Waals surface area contributed by atoms with E-state index in [1.165, 1.54) is 22.7 Å². The fourth-order valence-electron chi connectivity index (χ4n) is 2.78. The van der Waals surface area contributed by atoms with Crippen LogP contribution in [0.2, 0.25) is 0 Å². The van der Waals surface area contributed by atoms with Gasteiger partial charge in [-0.25, -0.2) is 9.97 Å². The number of thiophene rings is 1. The zero-order valence-electron chi connectivity index (χ0n) is 15.1. The smallest absolute Gasteiger partial charge is 0.270 e. The first-order valence-corrected chi connectivity index (χ1v) is 10.2. The number of benzene rings is 1. The number of imidazole rings is 1. The van der Waals surface area contributed by atoms with Gasteiger partial charge < -0.3 is 9.30 Å². The molecule has 0 atom stereocenters. The molecule has 1 amide bonds. The van der Waals surface area contributed by atoms with E-state index < -0.39 is 0 Å². The van der Waals surface area contributed by atoms with Crippen molar-refractivity contribution in [1.82, 2.24) is 14.5 Å². The number of ether oxygens (including phenoxy) is 1. The van der Waals surface area contributed by atoms with Crippen LogP contribution in [0.15, 0.2) is 54.4 Å². The number of hydrogen-bond donors (Lipinski definition) is 0. The van der Waals surface area contributed by atoms with Crippen LogP contribution >= 0.6 is 35.1 Å². The maximum absolute atomic E-state index is 13.1. The summed E-state index contributed by atoms with van der Waals surface area (Å²) in [7, 11) is 1.64. The normalized spacial score (nSPS) is 10.6. The minimum Gasteiger partial charge on any atom is -0.497 e. The number of nitrogens with zero attached hydrogens (tertiary/aromatic N) is 4. The molecule has 9 heteroatoms. The average molecular weight is 435 g/mol. The van der Waals surface area contributed by atoms with E-state index in [9.17, 15) is 4.79 Å². The van der Waals surface area contributed by atoms with Gasteiger partial charge in [-0.2, -0.15) is 0 Å². The van der Waals surface area contributed by atoms with Gasteiger partial charge in [-0.15, -0.1) is 23.7 Å². The Labute approximate surface area is 176 Å². The highest BCUT2D eigenvalue weighted by molar-refractivity contribution is 7.22. The number of carbonyl (C=O) groups excluding carboxylic acids is 1. The molecule has 28 heavy (non-hydrogen) atoms. The molecule has 0 aliphatic heterocycles. The van der Waals surface area contributed by atoms with E-state index in [4.69, 9.17) is 4.74 Å². The molecule has 4 rings (SSSR count). The van der Waals surface area contributed by atoms with Gasteiger partial charge in [-0.3, -0.25) is 9.69 Å². The molecule has 0 radical (unpaired) electrons. The Morgan fingerprint density at radius 1 is 1.32 bits per heavy atom. The number of amides is 1. The third-order valence-electron chi connectivity index (χ3n) is 4.15. The first-order valence-electron chi connectivity index (χ1n) is 8.50. The van der Waals surface area contributed by atoms with Crippen LogP contribution in [-0.4, -0.2) is 34.1 Å². The predicted molar refractivity (Wildman–Crippen MR) is 116 cm³/mol. The van der Waals surface area contributed by atoms with E-state index in [0.29, 0.717) is 11.7 Å². The number of halogens is 1. The highest BCUT2D eigenvalue weighted by Gasteiger charge is 2.22. The lowest BCUT2D eigenvalue weighted by Gasteiger charge is -2.19. The molecule has 0 aliphatic rings. The van der Waals surface area contributed by atoms with Crippen LogP contribution in [0.3, 0.4) is 0 Å². The molecular weight excluding hydrogens is 416 g/mol. The summed E-state index contributed by atoms with van der Waals surface area (Å²) in [5.74, 6) is 0.774. The topological polar surface area (TPSA) is 60.2 Å². The van der Waals surface area contributed by atoms with Gasteiger partial charge in [0.1, 0.15) is 5.75 Å². The number of fused-ring (bicyclic) bond motifs is 1. The standard InChI is InChI=1S/C19H18N4O2S2.ClH/c1-25-14-5-6-15-17(12-14)27-19(21-15)23(18(24)16-4-2-11-26-16)9-3-8-22-10-7-20-13-22;/h2,4-7,10-13H,3,8-9H2,1H3;1H. The van der Waals surface area contributed by atoms with Crippen molar-refractivity contribution in [1.29, 1.82) is 0 Å². The number of aromatic nitrogens is 3. The summed E-state index contributed by atoms with van der Waals surface area (Å²) in [6, 6.07) is 9.51. The van der Waals surface area contributed by atoms with E-state index >= 15 is 0 Å². The molecule has 3 aromatic heterocycles. The second-order valence-corrected chi connectivity index (χ2v) is 7.88. The Bertz CT molecular complexity index is 1030. The van der Waals surface area contributed by atoms with Crippen LogP contribution in [-0.2, 0) is 6.54 Å². The molecule has 146 valence electrons. The lowest BCUT2D eigenvalue weighted by atomic mass is 10.3. The Morgan fingerprint density at radius 3 is 2.93 bits per heavy atom. The molecule has 1 aromatic carbocycles. The third kappa shape index (κ3) is 4.35. The number of carbonyl (C=O) groups is 1. The van der Waals surface area contributed by atoms with Crippen molar-refractivity contribution >= 4 is 56.3 Å². The van der Waals surface area contributed by atoms with Gasteiger partial charge in [-0.1, -0.05) is 17.4 Å². The van der Waals surface area contributed by atoms with E-state index in [-0.39, 0.29) is 18.3 Å². The van der Waals surface area contributed by atoms with Crippen LogP contribution < -0.4 is 9.64 Å². The summed E-state index contributed by atoms with van der Waals surface area (Å²) in [4.78, 5) is 24.3. The zero-order chi connectivity index (χ0) is 18.6. The van der Waals surface area contributed by atoms with Crippen molar-refractivity contribution in [2.24, 2.45) is 0 Å². The molecule has 3 heterocycles. The van der Waals surface area contributed by atoms with Gasteiger partial charge in [0.15, 0.2) is 5.13 Å². The van der Waals surface area contributed by atoms with E-state index in [0.717, 1.165) is 33.8 Å². The predicted octanol–water partition coefficient (Wildman–Crippen LogP) is 4.72. The highest BCUT2D eigenvalue weighted by atomic mass is 35.5. The van der Waals surface area contributed by atoms with Gasteiger partial charge in [0.25, 0.3) is 5.91 Å². The number of hydrogen-bond acceptors (Lipinski definition) is 6. The first kappa shape index (κ1) is 20.3. The fraction of sp³-hybridized carbons (Fsp3) is 0.211. The van der Waals surface area contributed by atoms with Crippen molar-refractivity contribution in [2.75, 3.05) is 18.6 Å². The lowest BCUT2D eigenvalue weighted by Crippen LogP contribution is -2.31. The van der Waals surface area contributed by atoms with Crippen molar-refractivity contribution in [3.8, 4) is 5.75 Å². The maximum Gasteiger partial charge on any atom is 0.270 e. The van der Waals surface area contributed by atoms with E-state index in [2.05, 4.69) is 9.97 Å². The summed E-state index contributed by atoms with van der Waals surface area (Å²) in [5, 5.41) is 2.63. The van der Waals surface area contributed by atoms with Crippen LogP contribution in [0.5, 0.6) is 5.75 Å². The molecule has 0 saturated carbocycles. The molecule has 4 aromatic rings. The third-order valence-corrected chi connectivity index (χ3v) is 6.05. The number of aryl methyl sites for hydroxylation is 1. The monoisotopic (exact) mass is 434 g/mol. The molecule has 0 bridgehead atoms. The molecule has 0 unspecified atom stereocenters. The number of thiazole rings is 1. The first-order chi connectivity index (χ1) is 13.2. The Kier molecular flexibility index (Phi) is 6.66. The SMILES string of the molecule is COc1ccc2nc(N(CCCn3ccnc3)C(=O)c3cccs3)sc2c1.Cl. The largest absolute Gasteiger partial charge is 0.497 e. The van der Waals surface area contributed by atoms with Crippen molar-refractivity contribution in [3.63, 3.8) is 0 Å². The summed E-state index contributed by atoms with van der Waals surface area (Å²) in [6.45, 7) is 1.39. The van der Waals surface area contributed by atoms with Gasteiger partial charge in [0.05, 0.1) is 28.5 Å². The van der Waals surface area contributed by atoms with Crippen LogP contribution in [0.4, 0.5) is 5.13 Å². The lowest BCUT2D eigenvalue weighted by molar-refractivity contribution is 0.0990. The fourth-order valence-corrected chi connectivity index (χ4v) is 4.47. The van der Waals surface area contributed by atoms with Crippen molar-refractivity contribution in [2.45, 2.75) is 13.0 Å². The number of anilines is 1. The van der Waals surface area contributed by atoms with E-state index in [1.54, 1.807) is 24.5 Å². The molecule has 6 nitrogen and oxygen atoms in total. The van der Waals surface area contributed by atoms with Gasteiger partial charge in [0, 0.05) is 25.5 Å². The molecule has 0 fully saturated rings. The molecule has 0 spiro atoms. The Balaban J connectivity index is 0.00000225. The average Bonchev–Trinajstić information content (AvgIpc) is 3.45. The minimum absolute atomic E-state index is 0. The quantitative estimate of drug-likeness (QED) is 0.422. The summed E-state index contributed by atoms with van der Waals surface area (Å²) in [5.41, 5.74) is 0.870. The molecule has 0 N–H and O–H groups in total. The Morgan fingerprint density at radius 2 is 2.21 bits per heavy atom.